The van der Waals surface area contributed by atoms with Gasteiger partial charge in [0.2, 0.25) is 0 Å². The average Bonchev–Trinajstić information content (AvgIpc) is 3.24. The summed E-state index contributed by atoms with van der Waals surface area (Å²) < 4.78 is 5.76. The molecule has 1 aromatic heterocycles. The van der Waals surface area contributed by atoms with Gasteiger partial charge in [-0.2, -0.15) is 0 Å². The zero-order valence-corrected chi connectivity index (χ0v) is 20.8. The number of halogens is 1. The first-order valence-electron chi connectivity index (χ1n) is 11.8. The third-order valence-electron chi connectivity index (χ3n) is 6.14. The van der Waals surface area contributed by atoms with E-state index in [2.05, 4.69) is 34.6 Å². The summed E-state index contributed by atoms with van der Waals surface area (Å²) in [7, 11) is 2.01. The number of aromatic amines is 1. The molecule has 5 nitrogen and oxygen atoms in total. The van der Waals surface area contributed by atoms with E-state index in [0.717, 1.165) is 39.8 Å². The van der Waals surface area contributed by atoms with Crippen molar-refractivity contribution in [3.05, 3.63) is 94.1 Å². The number of fused-ring (bicyclic) bond motifs is 3. The van der Waals surface area contributed by atoms with Crippen molar-refractivity contribution >= 4 is 34.3 Å². The third kappa shape index (κ3) is 4.67. The van der Waals surface area contributed by atoms with Crippen LogP contribution in [0, 0.1) is 6.92 Å². The molecule has 1 amide bonds. The Morgan fingerprint density at radius 3 is 2.44 bits per heavy atom. The molecule has 1 atom stereocenters. The predicted octanol–water partition coefficient (Wildman–Crippen LogP) is 6.13. The Kier molecular flexibility index (Phi) is 7.25. The quantitative estimate of drug-likeness (QED) is 0.349. The van der Waals surface area contributed by atoms with Crippen LogP contribution in [0.4, 0.5) is 10.5 Å². The summed E-state index contributed by atoms with van der Waals surface area (Å²) in [6, 6.07) is 21.5. The highest BCUT2D eigenvalue weighted by molar-refractivity contribution is 6.31. The van der Waals surface area contributed by atoms with Crippen LogP contribution in [-0.4, -0.2) is 29.6 Å². The van der Waals surface area contributed by atoms with Gasteiger partial charge >= 0.3 is 6.09 Å². The van der Waals surface area contributed by atoms with Crippen molar-refractivity contribution in [1.82, 2.24) is 9.88 Å². The molecule has 5 rings (SSSR count). The lowest BCUT2D eigenvalue weighted by Crippen LogP contribution is -2.72. The molecular weight excluding hydrogens is 446 g/mol. The fourth-order valence-corrected chi connectivity index (χ4v) is 4.61. The SMILES string of the molecule is CC.C[NH2+]c1ccc(C2c3[nH]c4ccc(Cl)cc4c3CCN2C(=O)Oc2ccc(C)cc2)cc1. The normalized spacial score (nSPS) is 14.9. The number of H-pyrrole nitrogens is 1. The van der Waals surface area contributed by atoms with Crippen molar-refractivity contribution in [2.75, 3.05) is 13.6 Å². The smallest absolute Gasteiger partial charge is 0.410 e. The second-order valence-electron chi connectivity index (χ2n) is 8.19. The monoisotopic (exact) mass is 476 g/mol. The Labute approximate surface area is 205 Å². The molecule has 3 N–H and O–H groups in total. The lowest BCUT2D eigenvalue weighted by Gasteiger charge is -2.35. The predicted molar refractivity (Wildman–Crippen MR) is 138 cm³/mol. The molecule has 2 heterocycles. The first-order chi connectivity index (χ1) is 16.5. The van der Waals surface area contributed by atoms with Crippen LogP contribution < -0.4 is 10.1 Å². The van der Waals surface area contributed by atoms with E-state index in [1.807, 2.05) is 75.2 Å². The standard InChI is InChI=1S/C26H24ClN3O2.C2H6/c1-16-3-10-20(11-4-16)32-26(31)30-14-13-21-22-15-18(27)7-12-23(22)29-24(21)25(30)17-5-8-19(28-2)9-6-17;1-2/h3-12,15,25,28-29H,13-14H2,1-2H3;1-2H3/p+1. The number of benzene rings is 3. The molecule has 3 aromatic carbocycles. The molecule has 0 spiro atoms. The summed E-state index contributed by atoms with van der Waals surface area (Å²) in [5, 5.41) is 3.88. The minimum atomic E-state index is -0.354. The van der Waals surface area contributed by atoms with Crippen LogP contribution >= 0.6 is 11.6 Å². The fourth-order valence-electron chi connectivity index (χ4n) is 4.44. The number of rotatable bonds is 3. The van der Waals surface area contributed by atoms with Crippen molar-refractivity contribution in [2.24, 2.45) is 0 Å². The summed E-state index contributed by atoms with van der Waals surface area (Å²) in [6.45, 7) is 6.57. The molecule has 34 heavy (non-hydrogen) atoms. The van der Waals surface area contributed by atoms with Crippen molar-refractivity contribution < 1.29 is 14.8 Å². The number of nitrogens with zero attached hydrogens (tertiary/aromatic N) is 1. The second kappa shape index (κ2) is 10.3. The molecule has 176 valence electrons. The first kappa shape index (κ1) is 23.9. The molecule has 0 saturated heterocycles. The van der Waals surface area contributed by atoms with Gasteiger partial charge in [0.25, 0.3) is 0 Å². The minimum Gasteiger partial charge on any atom is -0.410 e. The number of nitrogens with two attached hydrogens (primary N) is 1. The molecule has 0 aliphatic carbocycles. The zero-order valence-electron chi connectivity index (χ0n) is 20.1. The number of carbonyl (C=O) groups is 1. The van der Waals surface area contributed by atoms with Crippen molar-refractivity contribution in [1.29, 1.82) is 0 Å². The van der Waals surface area contributed by atoms with E-state index in [1.165, 1.54) is 5.56 Å². The van der Waals surface area contributed by atoms with Gasteiger partial charge in [0.05, 0.1) is 7.05 Å². The van der Waals surface area contributed by atoms with Crippen LogP contribution in [-0.2, 0) is 6.42 Å². The number of aryl methyl sites for hydroxylation is 1. The Morgan fingerprint density at radius 1 is 1.06 bits per heavy atom. The van der Waals surface area contributed by atoms with E-state index in [1.54, 1.807) is 0 Å². The molecular formula is C28H31ClN3O2+. The molecule has 0 fully saturated rings. The van der Waals surface area contributed by atoms with Gasteiger partial charge in [-0.1, -0.05) is 55.3 Å². The molecule has 1 aliphatic rings. The van der Waals surface area contributed by atoms with Gasteiger partial charge < -0.3 is 15.0 Å². The van der Waals surface area contributed by atoms with E-state index in [-0.39, 0.29) is 12.1 Å². The van der Waals surface area contributed by atoms with Crippen LogP contribution in [0.2, 0.25) is 5.02 Å². The third-order valence-corrected chi connectivity index (χ3v) is 6.37. The summed E-state index contributed by atoms with van der Waals surface area (Å²) in [5.74, 6) is 0.546. The fraction of sp³-hybridized carbons (Fsp3) is 0.250. The number of quaternary nitrogens is 1. The van der Waals surface area contributed by atoms with Crippen LogP contribution in [0.5, 0.6) is 5.75 Å². The van der Waals surface area contributed by atoms with Gasteiger partial charge in [-0.05, 0) is 66.9 Å². The maximum atomic E-state index is 13.3. The zero-order chi connectivity index (χ0) is 24.2. The van der Waals surface area contributed by atoms with Crippen LogP contribution in [0.1, 0.15) is 42.3 Å². The Morgan fingerprint density at radius 2 is 1.76 bits per heavy atom. The highest BCUT2D eigenvalue weighted by Gasteiger charge is 2.35. The number of carbonyl (C=O) groups excluding carboxylic acids is 1. The van der Waals surface area contributed by atoms with Crippen LogP contribution in [0.3, 0.4) is 0 Å². The second-order valence-corrected chi connectivity index (χ2v) is 8.63. The Balaban J connectivity index is 0.00000133. The van der Waals surface area contributed by atoms with Gasteiger partial charge in [-0.25, -0.2) is 4.79 Å². The summed E-state index contributed by atoms with van der Waals surface area (Å²) >= 11 is 6.28. The molecule has 0 bridgehead atoms. The molecule has 0 saturated carbocycles. The van der Waals surface area contributed by atoms with E-state index in [4.69, 9.17) is 16.3 Å². The Hall–Kier alpha value is -3.28. The van der Waals surface area contributed by atoms with Gasteiger partial charge in [-0.3, -0.25) is 4.90 Å². The van der Waals surface area contributed by atoms with Gasteiger partial charge in [-0.15, -0.1) is 0 Å². The molecule has 1 aliphatic heterocycles. The van der Waals surface area contributed by atoms with E-state index in [9.17, 15) is 4.79 Å². The van der Waals surface area contributed by atoms with E-state index in [0.29, 0.717) is 17.3 Å². The summed E-state index contributed by atoms with van der Waals surface area (Å²) in [4.78, 5) is 18.7. The molecule has 6 heteroatoms. The maximum Gasteiger partial charge on any atom is 0.416 e. The highest BCUT2D eigenvalue weighted by atomic mass is 35.5. The number of amides is 1. The summed E-state index contributed by atoms with van der Waals surface area (Å²) in [5.41, 5.74) is 6.55. The number of aromatic nitrogens is 1. The highest BCUT2D eigenvalue weighted by Crippen LogP contribution is 2.39. The van der Waals surface area contributed by atoms with E-state index >= 15 is 0 Å². The van der Waals surface area contributed by atoms with Crippen molar-refractivity contribution in [2.45, 2.75) is 33.2 Å². The van der Waals surface area contributed by atoms with Gasteiger partial charge in [0.1, 0.15) is 17.5 Å². The average molecular weight is 477 g/mol. The number of hydrogen-bond acceptors (Lipinski definition) is 2. The van der Waals surface area contributed by atoms with Gasteiger partial charge in [0.15, 0.2) is 0 Å². The van der Waals surface area contributed by atoms with Gasteiger partial charge in [0, 0.05) is 28.2 Å². The van der Waals surface area contributed by atoms with E-state index < -0.39 is 0 Å². The lowest BCUT2D eigenvalue weighted by molar-refractivity contribution is -0.539. The van der Waals surface area contributed by atoms with Crippen LogP contribution in [0.25, 0.3) is 10.9 Å². The Bertz CT molecular complexity index is 1280. The largest absolute Gasteiger partial charge is 0.416 e. The van der Waals surface area contributed by atoms with Crippen molar-refractivity contribution in [3.8, 4) is 5.75 Å². The summed E-state index contributed by atoms with van der Waals surface area (Å²) in [6.07, 6.45) is 0.378. The lowest BCUT2D eigenvalue weighted by atomic mass is 9.92. The molecule has 0 radical (unpaired) electrons. The number of nitrogens with one attached hydrogen (secondary N) is 1. The first-order valence-corrected chi connectivity index (χ1v) is 12.2. The number of ether oxygens (including phenoxy) is 1. The minimum absolute atomic E-state index is 0.270. The van der Waals surface area contributed by atoms with Crippen molar-refractivity contribution in [3.63, 3.8) is 0 Å². The number of hydrogen-bond donors (Lipinski definition) is 2. The molecule has 4 aromatic rings. The maximum absolute atomic E-state index is 13.3. The van der Waals surface area contributed by atoms with Crippen LogP contribution in [0.15, 0.2) is 66.7 Å². The molecule has 1 unspecified atom stereocenters. The topological polar surface area (TPSA) is 61.9 Å².